The molecule has 1 atom stereocenters. The summed E-state index contributed by atoms with van der Waals surface area (Å²) in [6, 6.07) is 11.6. The summed E-state index contributed by atoms with van der Waals surface area (Å²) in [6.45, 7) is 1.81. The number of amides is 1. The van der Waals surface area contributed by atoms with Gasteiger partial charge in [-0.15, -0.1) is 0 Å². The van der Waals surface area contributed by atoms with E-state index in [2.05, 4.69) is 23.5 Å². The lowest BCUT2D eigenvalue weighted by Crippen LogP contribution is -2.31. The van der Waals surface area contributed by atoms with Gasteiger partial charge in [-0.25, -0.2) is 4.79 Å². The van der Waals surface area contributed by atoms with Crippen molar-refractivity contribution in [2.75, 3.05) is 13.4 Å². The van der Waals surface area contributed by atoms with Crippen LogP contribution in [-0.4, -0.2) is 25.3 Å². The number of nitrogens with one attached hydrogen (secondary N) is 1. The first-order valence-corrected chi connectivity index (χ1v) is 10.2. The summed E-state index contributed by atoms with van der Waals surface area (Å²) < 4.78 is 15.6. The third-order valence-electron chi connectivity index (χ3n) is 5.40. The van der Waals surface area contributed by atoms with Gasteiger partial charge in [-0.05, 0) is 73.1 Å². The van der Waals surface area contributed by atoms with E-state index in [1.54, 1.807) is 18.2 Å². The predicted molar refractivity (Wildman–Crippen MR) is 112 cm³/mol. The van der Waals surface area contributed by atoms with Crippen molar-refractivity contribution >= 4 is 18.0 Å². The lowest BCUT2D eigenvalue weighted by molar-refractivity contribution is -0.144. The van der Waals surface area contributed by atoms with E-state index in [9.17, 15) is 9.59 Å². The van der Waals surface area contributed by atoms with Crippen LogP contribution in [-0.2, 0) is 27.2 Å². The van der Waals surface area contributed by atoms with Crippen LogP contribution in [0.2, 0.25) is 0 Å². The largest absolute Gasteiger partial charge is 0.454 e. The molecule has 0 saturated carbocycles. The van der Waals surface area contributed by atoms with E-state index in [-0.39, 0.29) is 25.3 Å². The van der Waals surface area contributed by atoms with Crippen LogP contribution in [0.3, 0.4) is 0 Å². The van der Waals surface area contributed by atoms with Crippen LogP contribution in [0.25, 0.3) is 6.08 Å². The van der Waals surface area contributed by atoms with Gasteiger partial charge in [0.25, 0.3) is 5.91 Å². The first kappa shape index (κ1) is 20.0. The van der Waals surface area contributed by atoms with Crippen LogP contribution >= 0.6 is 0 Å². The minimum Gasteiger partial charge on any atom is -0.454 e. The molecule has 1 amide bonds. The van der Waals surface area contributed by atoms with Crippen LogP contribution in [0.5, 0.6) is 11.5 Å². The lowest BCUT2D eigenvalue weighted by atomic mass is 9.89. The van der Waals surface area contributed by atoms with Crippen molar-refractivity contribution in [2.45, 2.75) is 38.6 Å². The van der Waals surface area contributed by atoms with Crippen molar-refractivity contribution in [1.29, 1.82) is 0 Å². The van der Waals surface area contributed by atoms with E-state index in [4.69, 9.17) is 14.2 Å². The highest BCUT2D eigenvalue weighted by Gasteiger charge is 2.15. The Hall–Kier alpha value is -3.28. The molecule has 1 aliphatic carbocycles. The number of carbonyl (C=O) groups is 2. The number of fused-ring (bicyclic) bond motifs is 2. The molecule has 0 saturated heterocycles. The van der Waals surface area contributed by atoms with Crippen LogP contribution in [0.4, 0.5) is 0 Å². The molecule has 0 aromatic heterocycles. The fourth-order valence-electron chi connectivity index (χ4n) is 3.76. The number of benzene rings is 2. The summed E-state index contributed by atoms with van der Waals surface area (Å²) in [6.07, 6.45) is 7.58. The standard InChI is InChI=1S/C24H25NO5/c1-16(19-9-8-18-4-2-3-5-20(18)13-19)25-23(26)14-28-24(27)11-7-17-6-10-21-22(12-17)30-15-29-21/h6-13,16H,2-5,14-15H2,1H3,(H,25,26)/b11-7+/t16-/m1/s1. The van der Waals surface area contributed by atoms with Crippen molar-refractivity contribution < 1.29 is 23.8 Å². The Kier molecular flexibility index (Phi) is 6.02. The summed E-state index contributed by atoms with van der Waals surface area (Å²) >= 11 is 0. The van der Waals surface area contributed by atoms with E-state index in [1.165, 1.54) is 30.0 Å². The molecule has 0 spiro atoms. The molecular weight excluding hydrogens is 382 g/mol. The molecule has 156 valence electrons. The van der Waals surface area contributed by atoms with Gasteiger partial charge in [0, 0.05) is 6.08 Å². The SMILES string of the molecule is C[C@@H](NC(=O)COC(=O)/C=C/c1ccc2c(c1)OCO2)c1ccc2c(c1)CCCC2. The molecule has 1 heterocycles. The van der Waals surface area contributed by atoms with Crippen molar-refractivity contribution in [1.82, 2.24) is 5.32 Å². The van der Waals surface area contributed by atoms with E-state index < -0.39 is 5.97 Å². The maximum absolute atomic E-state index is 12.2. The van der Waals surface area contributed by atoms with Gasteiger partial charge in [0.1, 0.15) is 0 Å². The molecule has 0 bridgehead atoms. The van der Waals surface area contributed by atoms with E-state index in [0.29, 0.717) is 11.5 Å². The smallest absolute Gasteiger partial charge is 0.331 e. The monoisotopic (exact) mass is 407 g/mol. The lowest BCUT2D eigenvalue weighted by Gasteiger charge is -2.20. The maximum Gasteiger partial charge on any atom is 0.331 e. The number of aryl methyl sites for hydroxylation is 2. The van der Waals surface area contributed by atoms with Gasteiger partial charge in [0.2, 0.25) is 6.79 Å². The molecule has 2 aliphatic rings. The highest BCUT2D eigenvalue weighted by Crippen LogP contribution is 2.32. The molecule has 0 radical (unpaired) electrons. The molecule has 0 unspecified atom stereocenters. The Morgan fingerprint density at radius 1 is 1.07 bits per heavy atom. The third-order valence-corrected chi connectivity index (χ3v) is 5.40. The fourth-order valence-corrected chi connectivity index (χ4v) is 3.76. The van der Waals surface area contributed by atoms with Crippen LogP contribution < -0.4 is 14.8 Å². The summed E-state index contributed by atoms with van der Waals surface area (Å²) in [5.74, 6) is 0.412. The second-order valence-corrected chi connectivity index (χ2v) is 7.58. The van der Waals surface area contributed by atoms with Gasteiger partial charge in [-0.2, -0.15) is 0 Å². The summed E-state index contributed by atoms with van der Waals surface area (Å²) in [5.41, 5.74) is 4.63. The van der Waals surface area contributed by atoms with Gasteiger partial charge >= 0.3 is 5.97 Å². The van der Waals surface area contributed by atoms with Crippen LogP contribution in [0.1, 0.15) is 48.1 Å². The molecule has 6 heteroatoms. The minimum atomic E-state index is -0.579. The quantitative estimate of drug-likeness (QED) is 0.584. The average molecular weight is 407 g/mol. The Balaban J connectivity index is 1.25. The average Bonchev–Trinajstić information content (AvgIpc) is 3.23. The van der Waals surface area contributed by atoms with E-state index in [1.807, 2.05) is 13.0 Å². The van der Waals surface area contributed by atoms with Gasteiger partial charge in [-0.3, -0.25) is 4.79 Å². The zero-order valence-corrected chi connectivity index (χ0v) is 17.0. The summed E-state index contributed by atoms with van der Waals surface area (Å²) in [7, 11) is 0. The Bertz CT molecular complexity index is 982. The Morgan fingerprint density at radius 3 is 2.73 bits per heavy atom. The molecule has 6 nitrogen and oxygen atoms in total. The highest BCUT2D eigenvalue weighted by molar-refractivity contribution is 5.89. The normalized spacial score (nSPS) is 15.5. The van der Waals surface area contributed by atoms with Gasteiger partial charge in [0.05, 0.1) is 6.04 Å². The molecule has 1 N–H and O–H groups in total. The number of hydrogen-bond donors (Lipinski definition) is 1. The Labute approximate surface area is 175 Å². The zero-order valence-electron chi connectivity index (χ0n) is 17.0. The van der Waals surface area contributed by atoms with Crippen molar-refractivity contribution in [3.05, 3.63) is 64.7 Å². The molecule has 30 heavy (non-hydrogen) atoms. The number of carbonyl (C=O) groups excluding carboxylic acids is 2. The van der Waals surface area contributed by atoms with Gasteiger partial charge < -0.3 is 19.5 Å². The second-order valence-electron chi connectivity index (χ2n) is 7.58. The molecule has 0 fully saturated rings. The van der Waals surface area contributed by atoms with Crippen LogP contribution in [0, 0.1) is 0 Å². The van der Waals surface area contributed by atoms with Crippen LogP contribution in [0.15, 0.2) is 42.5 Å². The van der Waals surface area contributed by atoms with E-state index in [0.717, 1.165) is 24.0 Å². The van der Waals surface area contributed by atoms with Crippen molar-refractivity contribution in [3.8, 4) is 11.5 Å². The number of rotatable bonds is 6. The van der Waals surface area contributed by atoms with Crippen molar-refractivity contribution in [2.24, 2.45) is 0 Å². The zero-order chi connectivity index (χ0) is 20.9. The first-order chi connectivity index (χ1) is 14.6. The molecule has 1 aliphatic heterocycles. The van der Waals surface area contributed by atoms with Crippen molar-refractivity contribution in [3.63, 3.8) is 0 Å². The number of hydrogen-bond acceptors (Lipinski definition) is 5. The fraction of sp³-hybridized carbons (Fsp3) is 0.333. The Morgan fingerprint density at radius 2 is 1.87 bits per heavy atom. The predicted octanol–water partition coefficient (Wildman–Crippen LogP) is 3.73. The topological polar surface area (TPSA) is 73.9 Å². The third kappa shape index (κ3) is 4.82. The maximum atomic E-state index is 12.2. The van der Waals surface area contributed by atoms with Gasteiger partial charge in [-0.1, -0.05) is 24.3 Å². The van der Waals surface area contributed by atoms with Gasteiger partial charge in [0.15, 0.2) is 18.1 Å². The molecular formula is C24H25NO5. The molecule has 2 aromatic rings. The number of ether oxygens (including phenoxy) is 3. The minimum absolute atomic E-state index is 0.146. The molecule has 4 rings (SSSR count). The summed E-state index contributed by atoms with van der Waals surface area (Å²) in [4.78, 5) is 24.1. The molecule has 2 aromatic carbocycles. The highest BCUT2D eigenvalue weighted by atomic mass is 16.7. The number of esters is 1. The first-order valence-electron chi connectivity index (χ1n) is 10.2. The van der Waals surface area contributed by atoms with E-state index >= 15 is 0 Å². The second kappa shape index (κ2) is 9.03. The summed E-state index contributed by atoms with van der Waals surface area (Å²) in [5, 5.41) is 2.89.